The highest BCUT2D eigenvalue weighted by atomic mass is 19.1. The van der Waals surface area contributed by atoms with Gasteiger partial charge >= 0.3 is 12.0 Å². The minimum absolute atomic E-state index is 0.0851. The number of nitrogens with one attached hydrogen (secondary N) is 2. The van der Waals surface area contributed by atoms with E-state index >= 15 is 0 Å². The summed E-state index contributed by atoms with van der Waals surface area (Å²) in [4.78, 5) is 28.9. The number of aromatic amines is 1. The third-order valence-corrected chi connectivity index (χ3v) is 5.08. The molecule has 0 bridgehead atoms. The molecule has 2 aromatic carbocycles. The lowest BCUT2D eigenvalue weighted by Gasteiger charge is -2.30. The van der Waals surface area contributed by atoms with Gasteiger partial charge in [-0.1, -0.05) is 24.3 Å². The summed E-state index contributed by atoms with van der Waals surface area (Å²) in [7, 11) is 0. The number of aromatic nitrogens is 1. The first-order valence-corrected chi connectivity index (χ1v) is 9.12. The maximum absolute atomic E-state index is 13.3. The summed E-state index contributed by atoms with van der Waals surface area (Å²) in [6.07, 6.45) is 0.830. The molecule has 3 N–H and O–H groups in total. The van der Waals surface area contributed by atoms with E-state index in [0.29, 0.717) is 24.3 Å². The predicted molar refractivity (Wildman–Crippen MR) is 102 cm³/mol. The SMILES string of the molecule is O=C(O)[C@@H](Cc1cc2ccc(F)cc2[nH]1)NC(=O)N1CCc2ccccc2C1. The lowest BCUT2D eigenvalue weighted by Crippen LogP contribution is -2.50. The van der Waals surface area contributed by atoms with Crippen molar-refractivity contribution >= 4 is 22.9 Å². The van der Waals surface area contributed by atoms with E-state index in [4.69, 9.17) is 0 Å². The second kappa shape index (κ2) is 7.34. The third kappa shape index (κ3) is 3.69. The highest BCUT2D eigenvalue weighted by molar-refractivity contribution is 5.84. The minimum Gasteiger partial charge on any atom is -0.480 e. The van der Waals surface area contributed by atoms with Crippen LogP contribution in [-0.4, -0.2) is 39.6 Å². The van der Waals surface area contributed by atoms with Gasteiger partial charge in [-0.15, -0.1) is 0 Å². The molecule has 0 unspecified atom stereocenters. The number of hydrogen-bond donors (Lipinski definition) is 3. The standard InChI is InChI=1S/C21H20FN3O3/c22-16-6-5-14-9-17(23-18(14)10-16)11-19(20(26)27)24-21(28)25-8-7-13-3-1-2-4-15(13)12-25/h1-6,9-10,19,23H,7-8,11-12H2,(H,24,28)(H,26,27)/t19-/m1/s1. The highest BCUT2D eigenvalue weighted by Crippen LogP contribution is 2.20. The maximum Gasteiger partial charge on any atom is 0.326 e. The average molecular weight is 381 g/mol. The van der Waals surface area contributed by atoms with Gasteiger partial charge in [-0.3, -0.25) is 0 Å². The second-order valence-corrected chi connectivity index (χ2v) is 7.01. The lowest BCUT2D eigenvalue weighted by molar-refractivity contribution is -0.139. The summed E-state index contributed by atoms with van der Waals surface area (Å²) in [5.74, 6) is -1.48. The van der Waals surface area contributed by atoms with Crippen LogP contribution in [0.25, 0.3) is 10.9 Å². The highest BCUT2D eigenvalue weighted by Gasteiger charge is 2.26. The zero-order chi connectivity index (χ0) is 19.7. The van der Waals surface area contributed by atoms with Crippen molar-refractivity contribution in [2.75, 3.05) is 6.54 Å². The Morgan fingerprint density at radius 2 is 1.96 bits per heavy atom. The number of carboxylic acids is 1. The van der Waals surface area contributed by atoms with Crippen molar-refractivity contribution in [2.45, 2.75) is 25.4 Å². The van der Waals surface area contributed by atoms with Gasteiger partial charge in [0.05, 0.1) is 0 Å². The van der Waals surface area contributed by atoms with Crippen LogP contribution in [-0.2, 0) is 24.2 Å². The fourth-order valence-electron chi connectivity index (χ4n) is 3.60. The molecule has 0 spiro atoms. The molecule has 0 saturated carbocycles. The molecule has 0 fully saturated rings. The lowest BCUT2D eigenvalue weighted by atomic mass is 10.0. The first kappa shape index (κ1) is 18.0. The second-order valence-electron chi connectivity index (χ2n) is 7.01. The summed E-state index contributed by atoms with van der Waals surface area (Å²) in [6.45, 7) is 1.00. The number of fused-ring (bicyclic) bond motifs is 2. The Morgan fingerprint density at radius 1 is 1.18 bits per heavy atom. The van der Waals surface area contributed by atoms with E-state index in [1.807, 2.05) is 24.3 Å². The van der Waals surface area contributed by atoms with E-state index in [-0.39, 0.29) is 12.2 Å². The third-order valence-electron chi connectivity index (χ3n) is 5.08. The van der Waals surface area contributed by atoms with Crippen molar-refractivity contribution in [3.05, 3.63) is 71.2 Å². The van der Waals surface area contributed by atoms with Gasteiger partial charge in [0.2, 0.25) is 0 Å². The number of nitrogens with zero attached hydrogens (tertiary/aromatic N) is 1. The number of urea groups is 1. The van der Waals surface area contributed by atoms with Gasteiger partial charge in [-0.05, 0) is 47.2 Å². The van der Waals surface area contributed by atoms with Crippen LogP contribution in [0, 0.1) is 5.82 Å². The first-order chi connectivity index (χ1) is 13.5. The number of carboxylic acid groups (broad SMARTS) is 1. The van der Waals surface area contributed by atoms with Crippen LogP contribution >= 0.6 is 0 Å². The Bertz CT molecular complexity index is 1050. The Kier molecular flexibility index (Phi) is 4.73. The fraction of sp³-hybridized carbons (Fsp3) is 0.238. The Morgan fingerprint density at radius 3 is 2.75 bits per heavy atom. The molecule has 0 saturated heterocycles. The molecule has 2 heterocycles. The molecule has 6 nitrogen and oxygen atoms in total. The first-order valence-electron chi connectivity index (χ1n) is 9.12. The molecule has 4 rings (SSSR count). The fourth-order valence-corrected chi connectivity index (χ4v) is 3.60. The Balaban J connectivity index is 1.46. The van der Waals surface area contributed by atoms with Crippen LogP contribution in [0.5, 0.6) is 0 Å². The van der Waals surface area contributed by atoms with Crippen molar-refractivity contribution in [3.8, 4) is 0 Å². The van der Waals surface area contributed by atoms with Crippen LogP contribution < -0.4 is 5.32 Å². The Hall–Kier alpha value is -3.35. The van der Waals surface area contributed by atoms with Gasteiger partial charge in [0.25, 0.3) is 0 Å². The number of rotatable bonds is 4. The van der Waals surface area contributed by atoms with E-state index in [1.165, 1.54) is 17.7 Å². The number of carbonyl (C=O) groups excluding carboxylic acids is 1. The minimum atomic E-state index is -1.12. The quantitative estimate of drug-likeness (QED) is 0.649. The van der Waals surface area contributed by atoms with Crippen LogP contribution in [0.1, 0.15) is 16.8 Å². The molecule has 1 aliphatic heterocycles. The van der Waals surface area contributed by atoms with E-state index in [9.17, 15) is 19.1 Å². The van der Waals surface area contributed by atoms with Crippen molar-refractivity contribution in [3.63, 3.8) is 0 Å². The van der Waals surface area contributed by atoms with Gasteiger partial charge in [-0.25, -0.2) is 14.0 Å². The molecule has 144 valence electrons. The Labute approximate surface area is 161 Å². The number of aliphatic carboxylic acids is 1. The molecule has 1 aromatic heterocycles. The van der Waals surface area contributed by atoms with E-state index in [2.05, 4.69) is 10.3 Å². The predicted octanol–water partition coefficient (Wildman–Crippen LogP) is 3.07. The van der Waals surface area contributed by atoms with Crippen LogP contribution in [0.2, 0.25) is 0 Å². The molecule has 1 aliphatic rings. The number of carbonyl (C=O) groups is 2. The molecule has 0 radical (unpaired) electrons. The molecular weight excluding hydrogens is 361 g/mol. The van der Waals surface area contributed by atoms with Crippen LogP contribution in [0.3, 0.4) is 0 Å². The van der Waals surface area contributed by atoms with Crippen LogP contribution in [0.4, 0.5) is 9.18 Å². The zero-order valence-electron chi connectivity index (χ0n) is 15.1. The van der Waals surface area contributed by atoms with Gasteiger partial charge in [0.15, 0.2) is 0 Å². The van der Waals surface area contributed by atoms with Crippen molar-refractivity contribution in [1.82, 2.24) is 15.2 Å². The van der Waals surface area contributed by atoms with E-state index in [1.54, 1.807) is 17.0 Å². The average Bonchev–Trinajstić information content (AvgIpc) is 3.08. The monoisotopic (exact) mass is 381 g/mol. The summed E-state index contributed by atoms with van der Waals surface area (Å²) in [5.41, 5.74) is 3.51. The summed E-state index contributed by atoms with van der Waals surface area (Å²) in [6, 6.07) is 12.6. The normalized spacial score (nSPS) is 14.5. The number of hydrogen-bond acceptors (Lipinski definition) is 2. The molecule has 2 amide bonds. The summed E-state index contributed by atoms with van der Waals surface area (Å²) < 4.78 is 13.3. The molecule has 0 aliphatic carbocycles. The van der Waals surface area contributed by atoms with Crippen molar-refractivity contribution < 1.29 is 19.1 Å². The molecule has 3 aromatic rings. The van der Waals surface area contributed by atoms with Crippen LogP contribution in [0.15, 0.2) is 48.5 Å². The summed E-state index contributed by atoms with van der Waals surface area (Å²) >= 11 is 0. The number of amides is 2. The molecule has 1 atom stereocenters. The van der Waals surface area contributed by atoms with Crippen molar-refractivity contribution in [1.29, 1.82) is 0 Å². The number of halogens is 1. The number of benzene rings is 2. The number of H-pyrrole nitrogens is 1. The molecule has 28 heavy (non-hydrogen) atoms. The molecular formula is C21H20FN3O3. The van der Waals surface area contributed by atoms with E-state index < -0.39 is 18.0 Å². The van der Waals surface area contributed by atoms with E-state index in [0.717, 1.165) is 17.4 Å². The maximum atomic E-state index is 13.3. The zero-order valence-corrected chi connectivity index (χ0v) is 15.1. The summed E-state index contributed by atoms with van der Waals surface area (Å²) in [5, 5.41) is 13.0. The van der Waals surface area contributed by atoms with Gasteiger partial charge < -0.3 is 20.3 Å². The van der Waals surface area contributed by atoms with Crippen molar-refractivity contribution in [2.24, 2.45) is 0 Å². The smallest absolute Gasteiger partial charge is 0.326 e. The molecule has 7 heteroatoms. The topological polar surface area (TPSA) is 85.4 Å². The van der Waals surface area contributed by atoms with Gasteiger partial charge in [0.1, 0.15) is 11.9 Å². The van der Waals surface area contributed by atoms with Gasteiger partial charge in [0, 0.05) is 30.7 Å². The largest absolute Gasteiger partial charge is 0.480 e. The van der Waals surface area contributed by atoms with Gasteiger partial charge in [-0.2, -0.15) is 0 Å².